The van der Waals surface area contributed by atoms with Gasteiger partial charge in [0.25, 0.3) is 0 Å². The number of hydrogen-bond donors (Lipinski definition) is 0. The first-order chi connectivity index (χ1) is 13.4. The van der Waals surface area contributed by atoms with Crippen molar-refractivity contribution in [2.45, 2.75) is 70.8 Å². The van der Waals surface area contributed by atoms with Crippen molar-refractivity contribution >= 4 is 17.7 Å². The highest BCUT2D eigenvalue weighted by molar-refractivity contribution is 6.09. The number of carbonyl (C=O) groups is 3. The summed E-state index contributed by atoms with van der Waals surface area (Å²) in [6.07, 6.45) is 19.2. The first kappa shape index (κ1) is 23.6. The summed E-state index contributed by atoms with van der Waals surface area (Å²) in [5, 5.41) is 0. The predicted molar refractivity (Wildman–Crippen MR) is 110 cm³/mol. The van der Waals surface area contributed by atoms with E-state index >= 15 is 0 Å². The van der Waals surface area contributed by atoms with Crippen molar-refractivity contribution in [3.8, 4) is 0 Å². The van der Waals surface area contributed by atoms with Crippen molar-refractivity contribution in [2.75, 3.05) is 7.11 Å². The summed E-state index contributed by atoms with van der Waals surface area (Å²) < 4.78 is 10.2. The fourth-order valence-electron chi connectivity index (χ4n) is 3.00. The van der Waals surface area contributed by atoms with Gasteiger partial charge in [-0.2, -0.15) is 0 Å². The number of allylic oxidation sites excluding steroid dienone is 5. The van der Waals surface area contributed by atoms with E-state index in [2.05, 4.69) is 17.7 Å². The first-order valence-electron chi connectivity index (χ1n) is 9.97. The van der Waals surface area contributed by atoms with E-state index in [9.17, 15) is 14.4 Å². The van der Waals surface area contributed by atoms with Crippen molar-refractivity contribution < 1.29 is 23.9 Å². The number of ether oxygens (including phenoxy) is 2. The monoisotopic (exact) mass is 388 g/mol. The van der Waals surface area contributed by atoms with Crippen LogP contribution in [0, 0.1) is 0 Å². The molecule has 0 aromatic rings. The molecule has 154 valence electrons. The molecule has 1 aliphatic rings. The molecule has 5 nitrogen and oxygen atoms in total. The van der Waals surface area contributed by atoms with Crippen LogP contribution in [-0.2, 0) is 23.9 Å². The Bertz CT molecular complexity index is 654. The second-order valence-corrected chi connectivity index (χ2v) is 6.83. The Morgan fingerprint density at radius 2 is 1.86 bits per heavy atom. The molecule has 0 aromatic carbocycles. The fourth-order valence-corrected chi connectivity index (χ4v) is 3.00. The van der Waals surface area contributed by atoms with Crippen molar-refractivity contribution in [1.29, 1.82) is 0 Å². The van der Waals surface area contributed by atoms with Crippen LogP contribution >= 0.6 is 0 Å². The molecule has 0 heterocycles. The Morgan fingerprint density at radius 1 is 1.11 bits per heavy atom. The Hall–Kier alpha value is -2.43. The number of unbranched alkanes of at least 4 members (excludes halogenated alkanes) is 4. The maximum Gasteiger partial charge on any atom is 0.305 e. The van der Waals surface area contributed by atoms with Gasteiger partial charge in [0.15, 0.2) is 11.4 Å². The molecule has 0 aromatic heterocycles. The van der Waals surface area contributed by atoms with E-state index in [1.54, 1.807) is 18.2 Å². The third-order valence-corrected chi connectivity index (χ3v) is 4.49. The second-order valence-electron chi connectivity index (χ2n) is 6.83. The van der Waals surface area contributed by atoms with Gasteiger partial charge in [-0.3, -0.25) is 14.4 Å². The molecule has 0 N–H and O–H groups in total. The maximum absolute atomic E-state index is 12.3. The van der Waals surface area contributed by atoms with E-state index in [1.807, 2.05) is 12.2 Å². The molecule has 0 amide bonds. The van der Waals surface area contributed by atoms with Crippen LogP contribution in [0.1, 0.15) is 65.2 Å². The highest BCUT2D eigenvalue weighted by Gasteiger charge is 2.41. The lowest BCUT2D eigenvalue weighted by Gasteiger charge is -2.27. The van der Waals surface area contributed by atoms with Gasteiger partial charge in [-0.25, -0.2) is 0 Å². The number of rotatable bonds is 12. The fraction of sp³-hybridized carbons (Fsp3) is 0.522. The van der Waals surface area contributed by atoms with Crippen LogP contribution < -0.4 is 0 Å². The first-order valence-corrected chi connectivity index (χ1v) is 9.97. The SMILES string of the molecule is CCCCC/C=C/C[C@]1(OC(C)=O)C=CC(=O)/C1=C/C=C\CCCC(=O)OC. The van der Waals surface area contributed by atoms with Crippen LogP contribution in [0.15, 0.2) is 48.1 Å². The summed E-state index contributed by atoms with van der Waals surface area (Å²) >= 11 is 0. The zero-order chi connectivity index (χ0) is 20.8. The van der Waals surface area contributed by atoms with Gasteiger partial charge in [-0.1, -0.05) is 50.1 Å². The molecule has 0 radical (unpaired) electrons. The molecule has 5 heteroatoms. The van der Waals surface area contributed by atoms with Gasteiger partial charge >= 0.3 is 11.9 Å². The highest BCUT2D eigenvalue weighted by atomic mass is 16.6. The van der Waals surface area contributed by atoms with E-state index in [4.69, 9.17) is 4.74 Å². The molecule has 1 aliphatic carbocycles. The van der Waals surface area contributed by atoms with Gasteiger partial charge in [-0.15, -0.1) is 0 Å². The molecule has 0 saturated carbocycles. The minimum absolute atomic E-state index is 0.153. The summed E-state index contributed by atoms with van der Waals surface area (Å²) in [6, 6.07) is 0. The Kier molecular flexibility index (Phi) is 10.8. The molecule has 1 rings (SSSR count). The summed E-state index contributed by atoms with van der Waals surface area (Å²) in [5.74, 6) is -0.812. The minimum Gasteiger partial charge on any atom is -0.469 e. The molecule has 1 atom stereocenters. The second kappa shape index (κ2) is 12.9. The van der Waals surface area contributed by atoms with Crippen molar-refractivity contribution in [3.63, 3.8) is 0 Å². The van der Waals surface area contributed by atoms with Gasteiger partial charge < -0.3 is 9.47 Å². The Balaban J connectivity index is 2.79. The van der Waals surface area contributed by atoms with Gasteiger partial charge in [0.05, 0.1) is 7.11 Å². The van der Waals surface area contributed by atoms with Gasteiger partial charge in [0.1, 0.15) is 0 Å². The molecule has 0 bridgehead atoms. The lowest BCUT2D eigenvalue weighted by Crippen LogP contribution is -2.33. The lowest BCUT2D eigenvalue weighted by molar-refractivity contribution is -0.149. The molecule has 28 heavy (non-hydrogen) atoms. The average Bonchev–Trinajstić information content (AvgIpc) is 2.96. The largest absolute Gasteiger partial charge is 0.469 e. The number of esters is 2. The summed E-state index contributed by atoms with van der Waals surface area (Å²) in [4.78, 5) is 35.1. The van der Waals surface area contributed by atoms with Crippen LogP contribution in [0.4, 0.5) is 0 Å². The summed E-state index contributed by atoms with van der Waals surface area (Å²) in [7, 11) is 1.37. The van der Waals surface area contributed by atoms with Crippen molar-refractivity contribution in [3.05, 3.63) is 48.1 Å². The van der Waals surface area contributed by atoms with E-state index in [-0.39, 0.29) is 11.8 Å². The van der Waals surface area contributed by atoms with Gasteiger partial charge in [-0.05, 0) is 37.8 Å². The van der Waals surface area contributed by atoms with Crippen molar-refractivity contribution in [1.82, 2.24) is 0 Å². The number of carbonyl (C=O) groups excluding carboxylic acids is 3. The molecule has 0 saturated heterocycles. The van der Waals surface area contributed by atoms with Crippen LogP contribution in [-0.4, -0.2) is 30.4 Å². The van der Waals surface area contributed by atoms with E-state index in [1.165, 1.54) is 33.0 Å². The number of hydrogen-bond acceptors (Lipinski definition) is 5. The Morgan fingerprint density at radius 3 is 2.54 bits per heavy atom. The van der Waals surface area contributed by atoms with E-state index < -0.39 is 11.6 Å². The molecular formula is C23H32O5. The minimum atomic E-state index is -1.04. The van der Waals surface area contributed by atoms with E-state index in [0.29, 0.717) is 31.3 Å². The lowest BCUT2D eigenvalue weighted by atomic mass is 9.91. The third-order valence-electron chi connectivity index (χ3n) is 4.49. The molecule has 0 fully saturated rings. The standard InChI is InChI=1S/C23H32O5/c1-4-5-6-7-10-13-17-23(28-19(2)24)18-16-21(25)20(23)14-11-8-9-12-15-22(26)27-3/h8,10-11,13-14,16,18H,4-7,9,12,15,17H2,1-3H3/b11-8-,13-10+,20-14-/t23-/m0/s1. The van der Waals surface area contributed by atoms with Crippen LogP contribution in [0.25, 0.3) is 0 Å². The number of ketones is 1. The van der Waals surface area contributed by atoms with Gasteiger partial charge in [0, 0.05) is 25.3 Å². The predicted octanol–water partition coefficient (Wildman–Crippen LogP) is 4.78. The molecular weight excluding hydrogens is 356 g/mol. The zero-order valence-electron chi connectivity index (χ0n) is 17.2. The van der Waals surface area contributed by atoms with E-state index in [0.717, 1.165) is 12.8 Å². The normalized spacial score (nSPS) is 20.5. The summed E-state index contributed by atoms with van der Waals surface area (Å²) in [5.41, 5.74) is -0.592. The number of methoxy groups -OCH3 is 1. The topological polar surface area (TPSA) is 69.7 Å². The quantitative estimate of drug-likeness (QED) is 0.208. The Labute approximate surface area is 168 Å². The van der Waals surface area contributed by atoms with Crippen LogP contribution in [0.2, 0.25) is 0 Å². The van der Waals surface area contributed by atoms with Crippen LogP contribution in [0.3, 0.4) is 0 Å². The summed E-state index contributed by atoms with van der Waals surface area (Å²) in [6.45, 7) is 3.51. The maximum atomic E-state index is 12.3. The zero-order valence-corrected chi connectivity index (χ0v) is 17.2. The highest BCUT2D eigenvalue weighted by Crippen LogP contribution is 2.34. The van der Waals surface area contributed by atoms with Gasteiger partial charge in [0.2, 0.25) is 0 Å². The average molecular weight is 389 g/mol. The van der Waals surface area contributed by atoms with Crippen LogP contribution in [0.5, 0.6) is 0 Å². The third kappa shape index (κ3) is 8.07. The van der Waals surface area contributed by atoms with Crippen molar-refractivity contribution in [2.24, 2.45) is 0 Å². The molecule has 0 unspecified atom stereocenters. The smallest absolute Gasteiger partial charge is 0.305 e. The molecule has 0 aliphatic heterocycles. The molecule has 0 spiro atoms.